The Morgan fingerprint density at radius 1 is 1.30 bits per heavy atom. The van der Waals surface area contributed by atoms with Crippen LogP contribution in [0.15, 0.2) is 29.4 Å². The van der Waals surface area contributed by atoms with E-state index < -0.39 is 0 Å². The van der Waals surface area contributed by atoms with Gasteiger partial charge in [-0.05, 0) is 43.4 Å². The number of rotatable bonds is 4. The predicted molar refractivity (Wildman–Crippen MR) is 88.7 cm³/mol. The molecular weight excluding hydrogens is 308 g/mol. The Morgan fingerprint density at radius 3 is 2.74 bits per heavy atom. The smallest absolute Gasteiger partial charge is 0.227 e. The fourth-order valence-electron chi connectivity index (χ4n) is 2.83. The molecule has 3 rings (SSSR count). The standard InChI is InChI=1S/C17H16N4OS/c18-9-13-16(11-5-7-20-8-6-11)21-14-4-2-1-3-12(14)17(13)23-10-15(19)22/h5-8H,1-4,10H2,(H2,19,22). The van der Waals surface area contributed by atoms with Crippen LogP contribution in [0.3, 0.4) is 0 Å². The average molecular weight is 324 g/mol. The van der Waals surface area contributed by atoms with E-state index in [4.69, 9.17) is 10.7 Å². The van der Waals surface area contributed by atoms with Gasteiger partial charge in [-0.1, -0.05) is 0 Å². The molecule has 0 bridgehead atoms. The highest BCUT2D eigenvalue weighted by Crippen LogP contribution is 2.37. The molecule has 23 heavy (non-hydrogen) atoms. The van der Waals surface area contributed by atoms with Gasteiger partial charge >= 0.3 is 0 Å². The van der Waals surface area contributed by atoms with Crippen LogP contribution < -0.4 is 5.73 Å². The maximum atomic E-state index is 11.2. The van der Waals surface area contributed by atoms with E-state index in [-0.39, 0.29) is 11.7 Å². The third kappa shape index (κ3) is 3.20. The van der Waals surface area contributed by atoms with E-state index in [1.54, 1.807) is 12.4 Å². The van der Waals surface area contributed by atoms with Gasteiger partial charge in [-0.15, -0.1) is 11.8 Å². The molecule has 2 heterocycles. The zero-order valence-electron chi connectivity index (χ0n) is 12.6. The zero-order valence-corrected chi connectivity index (χ0v) is 13.4. The minimum Gasteiger partial charge on any atom is -0.369 e. The first-order chi connectivity index (χ1) is 11.2. The Balaban J connectivity index is 2.19. The number of pyridine rings is 2. The molecule has 5 nitrogen and oxygen atoms in total. The Kier molecular flexibility index (Phi) is 4.58. The summed E-state index contributed by atoms with van der Waals surface area (Å²) in [5, 5.41) is 9.69. The number of nitrogens with zero attached hydrogens (tertiary/aromatic N) is 3. The van der Waals surface area contributed by atoms with Gasteiger partial charge < -0.3 is 5.73 Å². The van der Waals surface area contributed by atoms with Gasteiger partial charge in [0.2, 0.25) is 5.91 Å². The molecule has 0 atom stereocenters. The number of carbonyl (C=O) groups is 1. The average Bonchev–Trinajstić information content (AvgIpc) is 2.59. The first-order valence-corrected chi connectivity index (χ1v) is 8.46. The van der Waals surface area contributed by atoms with E-state index in [9.17, 15) is 10.1 Å². The van der Waals surface area contributed by atoms with Crippen molar-refractivity contribution in [2.45, 2.75) is 30.6 Å². The molecule has 1 aliphatic rings. The van der Waals surface area contributed by atoms with E-state index in [0.717, 1.165) is 47.4 Å². The number of amides is 1. The van der Waals surface area contributed by atoms with Crippen molar-refractivity contribution in [3.63, 3.8) is 0 Å². The Labute approximate surface area is 138 Å². The Morgan fingerprint density at radius 2 is 2.04 bits per heavy atom. The number of nitrogens with two attached hydrogens (primary N) is 1. The minimum atomic E-state index is -0.384. The second-order valence-corrected chi connectivity index (χ2v) is 6.39. The first kappa shape index (κ1) is 15.5. The molecule has 2 aromatic heterocycles. The van der Waals surface area contributed by atoms with Gasteiger partial charge in [0.05, 0.1) is 17.0 Å². The molecule has 0 fully saturated rings. The van der Waals surface area contributed by atoms with Gasteiger partial charge in [0, 0.05) is 28.5 Å². The molecule has 1 aliphatic carbocycles. The predicted octanol–water partition coefficient (Wildman–Crippen LogP) is 2.47. The van der Waals surface area contributed by atoms with Crippen molar-refractivity contribution in [1.29, 1.82) is 5.26 Å². The Hall–Kier alpha value is -2.39. The van der Waals surface area contributed by atoms with E-state index in [1.165, 1.54) is 11.8 Å². The lowest BCUT2D eigenvalue weighted by Gasteiger charge is -2.21. The monoisotopic (exact) mass is 324 g/mol. The zero-order chi connectivity index (χ0) is 16.2. The summed E-state index contributed by atoms with van der Waals surface area (Å²) in [6, 6.07) is 5.98. The van der Waals surface area contributed by atoms with Gasteiger partial charge in [0.25, 0.3) is 0 Å². The van der Waals surface area contributed by atoms with Crippen molar-refractivity contribution in [3.05, 3.63) is 41.3 Å². The lowest BCUT2D eigenvalue weighted by atomic mass is 9.93. The van der Waals surface area contributed by atoms with Crippen molar-refractivity contribution in [2.24, 2.45) is 5.73 Å². The number of carbonyl (C=O) groups excluding carboxylic acids is 1. The maximum absolute atomic E-state index is 11.2. The summed E-state index contributed by atoms with van der Waals surface area (Å²) in [4.78, 5) is 20.8. The summed E-state index contributed by atoms with van der Waals surface area (Å²) in [5.74, 6) is -0.216. The van der Waals surface area contributed by atoms with Crippen LogP contribution in [-0.4, -0.2) is 21.6 Å². The summed E-state index contributed by atoms with van der Waals surface area (Å²) in [7, 11) is 0. The molecule has 0 aromatic carbocycles. The lowest BCUT2D eigenvalue weighted by Crippen LogP contribution is -2.15. The second kappa shape index (κ2) is 6.80. The van der Waals surface area contributed by atoms with Crippen molar-refractivity contribution >= 4 is 17.7 Å². The third-order valence-corrected chi connectivity index (χ3v) is 5.02. The number of fused-ring (bicyclic) bond motifs is 1. The van der Waals surface area contributed by atoms with E-state index in [0.29, 0.717) is 11.3 Å². The number of hydrogen-bond donors (Lipinski definition) is 1. The van der Waals surface area contributed by atoms with E-state index in [1.807, 2.05) is 12.1 Å². The third-order valence-electron chi connectivity index (χ3n) is 3.85. The Bertz CT molecular complexity index is 783. The molecule has 0 radical (unpaired) electrons. The van der Waals surface area contributed by atoms with Gasteiger partial charge in [-0.3, -0.25) is 14.8 Å². The van der Waals surface area contributed by atoms with Crippen LogP contribution in [0.4, 0.5) is 0 Å². The minimum absolute atomic E-state index is 0.168. The van der Waals surface area contributed by atoms with Crippen LogP contribution in [0.25, 0.3) is 11.3 Å². The molecule has 2 N–H and O–H groups in total. The van der Waals surface area contributed by atoms with Crippen LogP contribution in [0.5, 0.6) is 0 Å². The molecule has 1 amide bonds. The number of primary amides is 1. The molecule has 6 heteroatoms. The molecule has 0 unspecified atom stereocenters. The largest absolute Gasteiger partial charge is 0.369 e. The van der Waals surface area contributed by atoms with Crippen LogP contribution in [0.1, 0.15) is 29.7 Å². The molecular formula is C17H16N4OS. The number of nitriles is 1. The highest BCUT2D eigenvalue weighted by atomic mass is 32.2. The van der Waals surface area contributed by atoms with Crippen molar-refractivity contribution in [1.82, 2.24) is 9.97 Å². The molecule has 0 saturated carbocycles. The number of thioether (sulfide) groups is 1. The summed E-state index contributed by atoms with van der Waals surface area (Å²) < 4.78 is 0. The fourth-order valence-corrected chi connectivity index (χ4v) is 3.80. The lowest BCUT2D eigenvalue weighted by molar-refractivity contribution is -0.115. The number of hydrogen-bond acceptors (Lipinski definition) is 5. The van der Waals surface area contributed by atoms with Crippen LogP contribution in [0, 0.1) is 11.3 Å². The maximum Gasteiger partial charge on any atom is 0.227 e. The van der Waals surface area contributed by atoms with Gasteiger partial charge in [-0.2, -0.15) is 5.26 Å². The molecule has 2 aromatic rings. The second-order valence-electron chi connectivity index (χ2n) is 5.40. The van der Waals surface area contributed by atoms with E-state index in [2.05, 4.69) is 11.1 Å². The van der Waals surface area contributed by atoms with Crippen LogP contribution >= 0.6 is 11.8 Å². The van der Waals surface area contributed by atoms with Crippen molar-refractivity contribution in [3.8, 4) is 17.3 Å². The fraction of sp³-hybridized carbons (Fsp3) is 0.294. The highest BCUT2D eigenvalue weighted by Gasteiger charge is 2.23. The van der Waals surface area contributed by atoms with Crippen molar-refractivity contribution < 1.29 is 4.79 Å². The van der Waals surface area contributed by atoms with Gasteiger partial charge in [-0.25, -0.2) is 0 Å². The summed E-state index contributed by atoms with van der Waals surface area (Å²) in [5.41, 5.74) is 9.50. The highest BCUT2D eigenvalue weighted by molar-refractivity contribution is 8.00. The van der Waals surface area contributed by atoms with Crippen LogP contribution in [0.2, 0.25) is 0 Å². The number of aromatic nitrogens is 2. The molecule has 0 saturated heterocycles. The SMILES string of the molecule is N#Cc1c(-c2ccncc2)nc2c(c1SCC(N)=O)CCCC2. The molecule has 116 valence electrons. The number of aryl methyl sites for hydroxylation is 1. The van der Waals surface area contributed by atoms with Crippen LogP contribution in [-0.2, 0) is 17.6 Å². The quantitative estimate of drug-likeness (QED) is 0.872. The van der Waals surface area contributed by atoms with Crippen molar-refractivity contribution in [2.75, 3.05) is 5.75 Å². The van der Waals surface area contributed by atoms with E-state index >= 15 is 0 Å². The summed E-state index contributed by atoms with van der Waals surface area (Å²) in [6.07, 6.45) is 7.36. The summed E-state index contributed by atoms with van der Waals surface area (Å²) >= 11 is 1.35. The molecule has 0 spiro atoms. The topological polar surface area (TPSA) is 92.7 Å². The molecule has 0 aliphatic heterocycles. The van der Waals surface area contributed by atoms with Gasteiger partial charge in [0.15, 0.2) is 0 Å². The first-order valence-electron chi connectivity index (χ1n) is 7.48. The van der Waals surface area contributed by atoms with Gasteiger partial charge in [0.1, 0.15) is 6.07 Å². The summed E-state index contributed by atoms with van der Waals surface area (Å²) in [6.45, 7) is 0. The normalized spacial score (nSPS) is 13.2.